The van der Waals surface area contributed by atoms with Crippen LogP contribution in [0.5, 0.6) is 0 Å². The summed E-state index contributed by atoms with van der Waals surface area (Å²) >= 11 is 0. The summed E-state index contributed by atoms with van der Waals surface area (Å²) in [6.45, 7) is 0.874. The van der Waals surface area contributed by atoms with Gasteiger partial charge in [0.2, 0.25) is 15.9 Å². The van der Waals surface area contributed by atoms with E-state index in [0.29, 0.717) is 11.3 Å². The summed E-state index contributed by atoms with van der Waals surface area (Å²) in [6.07, 6.45) is -4.71. The highest BCUT2D eigenvalue weighted by Crippen LogP contribution is 2.29. The van der Waals surface area contributed by atoms with Crippen molar-refractivity contribution in [3.63, 3.8) is 0 Å². The number of halogens is 3. The molecule has 162 valence electrons. The van der Waals surface area contributed by atoms with Crippen LogP contribution < -0.4 is 10.0 Å². The Labute approximate surface area is 171 Å². The summed E-state index contributed by atoms with van der Waals surface area (Å²) in [5.41, 5.74) is 0.00146. The average Bonchev–Trinajstić information content (AvgIpc) is 2.66. The number of sulfonamides is 1. The van der Waals surface area contributed by atoms with Gasteiger partial charge in [0, 0.05) is 19.2 Å². The predicted molar refractivity (Wildman–Crippen MR) is 102 cm³/mol. The van der Waals surface area contributed by atoms with E-state index in [4.69, 9.17) is 4.74 Å². The minimum atomic E-state index is -4.45. The summed E-state index contributed by atoms with van der Waals surface area (Å²) in [5.74, 6) is -1.00. The molecular formula is C19H19F3N2O5S. The maximum atomic E-state index is 12.5. The molecule has 0 saturated carbocycles. The molecule has 30 heavy (non-hydrogen) atoms. The van der Waals surface area contributed by atoms with Gasteiger partial charge in [-0.15, -0.1) is 0 Å². The van der Waals surface area contributed by atoms with Gasteiger partial charge >= 0.3 is 12.1 Å². The molecule has 0 saturated heterocycles. The lowest BCUT2D eigenvalue weighted by atomic mass is 10.1. The van der Waals surface area contributed by atoms with Crippen LogP contribution in [0.25, 0.3) is 0 Å². The highest BCUT2D eigenvalue weighted by molar-refractivity contribution is 7.89. The SMILES string of the molecule is CC(=O)Nc1ccc(S(=O)(=O)NCCC(=O)OCc2ccc(C(F)(F)F)cc2)cc1. The second-order valence-electron chi connectivity index (χ2n) is 6.21. The number of hydrogen-bond donors (Lipinski definition) is 2. The average molecular weight is 444 g/mol. The Bertz CT molecular complexity index is 988. The first-order valence-electron chi connectivity index (χ1n) is 8.66. The zero-order valence-electron chi connectivity index (χ0n) is 15.8. The fourth-order valence-corrected chi connectivity index (χ4v) is 3.35. The largest absolute Gasteiger partial charge is 0.461 e. The van der Waals surface area contributed by atoms with Crippen molar-refractivity contribution in [3.8, 4) is 0 Å². The number of benzene rings is 2. The maximum absolute atomic E-state index is 12.5. The number of esters is 1. The van der Waals surface area contributed by atoms with E-state index >= 15 is 0 Å². The van der Waals surface area contributed by atoms with E-state index in [1.807, 2.05) is 0 Å². The second-order valence-corrected chi connectivity index (χ2v) is 7.98. The first-order valence-corrected chi connectivity index (χ1v) is 10.1. The molecule has 0 aliphatic rings. The Balaban J connectivity index is 1.80. The summed E-state index contributed by atoms with van der Waals surface area (Å²) in [4.78, 5) is 22.7. The second kappa shape index (κ2) is 9.72. The van der Waals surface area contributed by atoms with Gasteiger partial charge in [-0.3, -0.25) is 9.59 Å². The lowest BCUT2D eigenvalue weighted by Crippen LogP contribution is -2.26. The number of anilines is 1. The standard InChI is InChI=1S/C19H19F3N2O5S/c1-13(25)24-16-6-8-17(9-7-16)30(27,28)23-11-10-18(26)29-12-14-2-4-15(5-3-14)19(20,21)22/h2-9,23H,10-12H2,1H3,(H,24,25). The fraction of sp³-hybridized carbons (Fsp3) is 0.263. The van der Waals surface area contributed by atoms with E-state index in [0.717, 1.165) is 12.1 Å². The van der Waals surface area contributed by atoms with Crippen molar-refractivity contribution in [1.82, 2.24) is 4.72 Å². The Morgan fingerprint density at radius 1 is 1.00 bits per heavy atom. The summed E-state index contributed by atoms with van der Waals surface area (Å²) < 4.78 is 69.1. The minimum Gasteiger partial charge on any atom is -0.461 e. The van der Waals surface area contributed by atoms with Gasteiger partial charge in [-0.05, 0) is 42.0 Å². The van der Waals surface area contributed by atoms with Crippen molar-refractivity contribution >= 4 is 27.6 Å². The molecular weight excluding hydrogens is 425 g/mol. The topological polar surface area (TPSA) is 102 Å². The Morgan fingerprint density at radius 3 is 2.13 bits per heavy atom. The fourth-order valence-electron chi connectivity index (χ4n) is 2.32. The number of ether oxygens (including phenoxy) is 1. The first-order chi connectivity index (χ1) is 14.0. The van der Waals surface area contributed by atoms with Crippen molar-refractivity contribution in [2.75, 3.05) is 11.9 Å². The highest BCUT2D eigenvalue weighted by atomic mass is 32.2. The monoisotopic (exact) mass is 444 g/mol. The number of hydrogen-bond acceptors (Lipinski definition) is 5. The summed E-state index contributed by atoms with van der Waals surface area (Å²) in [5, 5.41) is 2.51. The number of amides is 1. The Morgan fingerprint density at radius 2 is 1.60 bits per heavy atom. The normalized spacial score (nSPS) is 11.7. The van der Waals surface area contributed by atoms with Crippen molar-refractivity contribution in [1.29, 1.82) is 0 Å². The van der Waals surface area contributed by atoms with Gasteiger partial charge in [0.25, 0.3) is 0 Å². The third kappa shape index (κ3) is 7.16. The van der Waals surface area contributed by atoms with Crippen LogP contribution in [-0.4, -0.2) is 26.8 Å². The van der Waals surface area contributed by atoms with Crippen molar-refractivity contribution in [3.05, 3.63) is 59.7 Å². The lowest BCUT2D eigenvalue weighted by Gasteiger charge is -2.09. The van der Waals surface area contributed by atoms with Crippen LogP contribution in [0.2, 0.25) is 0 Å². The van der Waals surface area contributed by atoms with Crippen LogP contribution >= 0.6 is 0 Å². The molecule has 2 rings (SSSR count). The molecule has 0 heterocycles. The first kappa shape index (κ1) is 23.4. The van der Waals surface area contributed by atoms with Crippen molar-refractivity contribution in [2.45, 2.75) is 31.0 Å². The maximum Gasteiger partial charge on any atom is 0.416 e. The molecule has 1 amide bonds. The molecule has 0 atom stereocenters. The minimum absolute atomic E-state index is 0.0466. The van der Waals surface area contributed by atoms with Gasteiger partial charge in [0.1, 0.15) is 6.61 Å². The summed E-state index contributed by atoms with van der Waals surface area (Å²) in [6, 6.07) is 9.62. The molecule has 2 aromatic rings. The van der Waals surface area contributed by atoms with E-state index < -0.39 is 27.7 Å². The molecule has 2 aromatic carbocycles. The van der Waals surface area contributed by atoms with Gasteiger partial charge in [0.15, 0.2) is 0 Å². The zero-order valence-corrected chi connectivity index (χ0v) is 16.6. The Kier molecular flexibility index (Phi) is 7.57. The lowest BCUT2D eigenvalue weighted by molar-refractivity contribution is -0.145. The van der Waals surface area contributed by atoms with Gasteiger partial charge in [0.05, 0.1) is 16.9 Å². The van der Waals surface area contributed by atoms with E-state index in [1.165, 1.54) is 43.3 Å². The third-order valence-corrected chi connectivity index (χ3v) is 5.26. The number of alkyl halides is 3. The molecule has 0 radical (unpaired) electrons. The van der Waals surface area contributed by atoms with E-state index in [-0.39, 0.29) is 30.4 Å². The molecule has 7 nitrogen and oxygen atoms in total. The van der Waals surface area contributed by atoms with Gasteiger partial charge in [-0.2, -0.15) is 13.2 Å². The van der Waals surface area contributed by atoms with Crippen LogP contribution in [0, 0.1) is 0 Å². The molecule has 11 heteroatoms. The van der Waals surface area contributed by atoms with Gasteiger partial charge in [-0.25, -0.2) is 13.1 Å². The molecule has 0 aromatic heterocycles. The molecule has 0 bridgehead atoms. The molecule has 0 fully saturated rings. The van der Waals surface area contributed by atoms with E-state index in [9.17, 15) is 31.2 Å². The van der Waals surface area contributed by atoms with Crippen LogP contribution in [-0.2, 0) is 37.1 Å². The van der Waals surface area contributed by atoms with Crippen LogP contribution in [0.4, 0.5) is 18.9 Å². The van der Waals surface area contributed by atoms with Crippen LogP contribution in [0.3, 0.4) is 0 Å². The van der Waals surface area contributed by atoms with Gasteiger partial charge in [-0.1, -0.05) is 12.1 Å². The molecule has 0 spiro atoms. The van der Waals surface area contributed by atoms with Crippen LogP contribution in [0.15, 0.2) is 53.4 Å². The molecule has 0 unspecified atom stereocenters. The Hall–Kier alpha value is -2.92. The van der Waals surface area contributed by atoms with E-state index in [2.05, 4.69) is 10.0 Å². The number of nitrogens with one attached hydrogen (secondary N) is 2. The quantitative estimate of drug-likeness (QED) is 0.610. The number of rotatable bonds is 8. The van der Waals surface area contributed by atoms with Gasteiger partial charge < -0.3 is 10.1 Å². The van der Waals surface area contributed by atoms with Crippen molar-refractivity contribution < 1.29 is 35.9 Å². The summed E-state index contributed by atoms with van der Waals surface area (Å²) in [7, 11) is -3.86. The number of carbonyl (C=O) groups is 2. The number of carbonyl (C=O) groups excluding carboxylic acids is 2. The predicted octanol–water partition coefficient (Wildman–Crippen LogP) is 3.08. The molecule has 0 aliphatic carbocycles. The highest BCUT2D eigenvalue weighted by Gasteiger charge is 2.29. The molecule has 2 N–H and O–H groups in total. The third-order valence-electron chi connectivity index (χ3n) is 3.79. The molecule has 0 aliphatic heterocycles. The van der Waals surface area contributed by atoms with Crippen LogP contribution in [0.1, 0.15) is 24.5 Å². The van der Waals surface area contributed by atoms with E-state index in [1.54, 1.807) is 0 Å². The smallest absolute Gasteiger partial charge is 0.416 e. The zero-order chi connectivity index (χ0) is 22.4. The van der Waals surface area contributed by atoms with Crippen molar-refractivity contribution in [2.24, 2.45) is 0 Å².